The van der Waals surface area contributed by atoms with E-state index >= 15 is 0 Å². The lowest BCUT2D eigenvalue weighted by Gasteiger charge is -2.03. The zero-order valence-corrected chi connectivity index (χ0v) is 9.30. The van der Waals surface area contributed by atoms with Crippen LogP contribution in [0.5, 0.6) is 0 Å². The highest BCUT2D eigenvalue weighted by molar-refractivity contribution is 9.10. The molecule has 0 fully saturated rings. The average molecular weight is 252 g/mol. The number of nitrogens with two attached hydrogens (primary N) is 1. The van der Waals surface area contributed by atoms with Crippen LogP contribution >= 0.6 is 15.9 Å². The number of hydrogen-bond acceptors (Lipinski definition) is 2. The number of halogens is 1. The fraction of sp³-hybridized carbons (Fsp3) is 0.100. The van der Waals surface area contributed by atoms with Crippen molar-refractivity contribution in [2.45, 2.75) is 6.92 Å². The van der Waals surface area contributed by atoms with Gasteiger partial charge < -0.3 is 5.73 Å². The number of aromatic amines is 1. The molecule has 2 rings (SSSR count). The molecule has 0 radical (unpaired) electrons. The molecule has 1 aromatic heterocycles. The van der Waals surface area contributed by atoms with Crippen LogP contribution in [-0.2, 0) is 0 Å². The predicted octanol–water partition coefficient (Wildman–Crippen LogP) is 2.73. The Hall–Kier alpha value is -1.29. The fourth-order valence-corrected chi connectivity index (χ4v) is 1.94. The van der Waals surface area contributed by atoms with Crippen LogP contribution in [-0.4, -0.2) is 10.2 Å². The molecule has 3 nitrogen and oxygen atoms in total. The van der Waals surface area contributed by atoms with E-state index in [0.717, 1.165) is 21.3 Å². The molecule has 2 aromatic rings. The Bertz CT molecular complexity index is 443. The molecule has 0 bridgehead atoms. The first-order valence-electron chi connectivity index (χ1n) is 4.25. The van der Waals surface area contributed by atoms with Gasteiger partial charge in [-0.05, 0) is 13.0 Å². The number of aromatic nitrogens is 2. The zero-order chi connectivity index (χ0) is 10.1. The first-order valence-corrected chi connectivity index (χ1v) is 5.05. The van der Waals surface area contributed by atoms with Crippen molar-refractivity contribution in [2.24, 2.45) is 0 Å². The van der Waals surface area contributed by atoms with Gasteiger partial charge in [-0.2, -0.15) is 5.10 Å². The third-order valence-electron chi connectivity index (χ3n) is 2.12. The Morgan fingerprint density at radius 1 is 1.36 bits per heavy atom. The lowest BCUT2D eigenvalue weighted by Crippen LogP contribution is -1.89. The van der Waals surface area contributed by atoms with Crippen molar-refractivity contribution in [1.82, 2.24) is 10.2 Å². The number of nitrogen functional groups attached to an aromatic ring is 1. The van der Waals surface area contributed by atoms with Crippen LogP contribution in [0.3, 0.4) is 0 Å². The highest BCUT2D eigenvalue weighted by Crippen LogP contribution is 2.32. The first-order chi connectivity index (χ1) is 6.70. The van der Waals surface area contributed by atoms with Crippen molar-refractivity contribution in [2.75, 3.05) is 5.73 Å². The SMILES string of the molecule is Cc1n[nH]c(N)c1-c1ccccc1Br. The average Bonchev–Trinajstić information content (AvgIpc) is 2.48. The molecule has 0 aliphatic rings. The van der Waals surface area contributed by atoms with Crippen molar-refractivity contribution >= 4 is 21.7 Å². The molecule has 1 aromatic carbocycles. The molecule has 3 N–H and O–H groups in total. The van der Waals surface area contributed by atoms with Gasteiger partial charge >= 0.3 is 0 Å². The van der Waals surface area contributed by atoms with Gasteiger partial charge in [0.15, 0.2) is 0 Å². The second-order valence-corrected chi connectivity index (χ2v) is 3.93. The standard InChI is InChI=1S/C10H10BrN3/c1-6-9(10(12)14-13-6)7-4-2-3-5-8(7)11/h2-5H,1H3,(H3,12,13,14). The largest absolute Gasteiger partial charge is 0.384 e. The number of rotatable bonds is 1. The highest BCUT2D eigenvalue weighted by Gasteiger charge is 2.11. The van der Waals surface area contributed by atoms with Crippen LogP contribution < -0.4 is 5.73 Å². The van der Waals surface area contributed by atoms with Gasteiger partial charge in [-0.25, -0.2) is 0 Å². The summed E-state index contributed by atoms with van der Waals surface area (Å²) >= 11 is 3.49. The van der Waals surface area contributed by atoms with Crippen LogP contribution in [0.15, 0.2) is 28.7 Å². The Balaban J connectivity index is 2.66. The van der Waals surface area contributed by atoms with E-state index in [-0.39, 0.29) is 0 Å². The summed E-state index contributed by atoms with van der Waals surface area (Å²) in [4.78, 5) is 0. The maximum absolute atomic E-state index is 5.80. The molecule has 1 heterocycles. The van der Waals surface area contributed by atoms with Crippen LogP contribution in [0.2, 0.25) is 0 Å². The van der Waals surface area contributed by atoms with Crippen LogP contribution in [0.4, 0.5) is 5.82 Å². The van der Waals surface area contributed by atoms with E-state index in [1.807, 2.05) is 31.2 Å². The maximum Gasteiger partial charge on any atom is 0.127 e. The summed E-state index contributed by atoms with van der Waals surface area (Å²) in [6, 6.07) is 7.95. The summed E-state index contributed by atoms with van der Waals surface area (Å²) in [7, 11) is 0. The lowest BCUT2D eigenvalue weighted by molar-refractivity contribution is 1.05. The van der Waals surface area contributed by atoms with Crippen molar-refractivity contribution in [3.8, 4) is 11.1 Å². The summed E-state index contributed by atoms with van der Waals surface area (Å²) in [6.45, 7) is 1.93. The molecular weight excluding hydrogens is 242 g/mol. The Kier molecular flexibility index (Phi) is 2.29. The molecule has 0 aliphatic heterocycles. The number of nitrogens with one attached hydrogen (secondary N) is 1. The minimum Gasteiger partial charge on any atom is -0.384 e. The number of hydrogen-bond donors (Lipinski definition) is 2. The molecule has 4 heteroatoms. The maximum atomic E-state index is 5.80. The minimum atomic E-state index is 0.606. The van der Waals surface area contributed by atoms with Gasteiger partial charge in [-0.1, -0.05) is 34.1 Å². The zero-order valence-electron chi connectivity index (χ0n) is 7.71. The summed E-state index contributed by atoms with van der Waals surface area (Å²) < 4.78 is 1.02. The van der Waals surface area contributed by atoms with Gasteiger partial charge in [0.2, 0.25) is 0 Å². The van der Waals surface area contributed by atoms with Crippen LogP contribution in [0.25, 0.3) is 11.1 Å². The van der Waals surface area contributed by atoms with Gasteiger partial charge in [0.1, 0.15) is 5.82 Å². The Morgan fingerprint density at radius 3 is 2.64 bits per heavy atom. The van der Waals surface area contributed by atoms with Crippen molar-refractivity contribution < 1.29 is 0 Å². The van der Waals surface area contributed by atoms with Crippen molar-refractivity contribution in [3.05, 3.63) is 34.4 Å². The number of H-pyrrole nitrogens is 1. The van der Waals surface area contributed by atoms with E-state index in [4.69, 9.17) is 5.73 Å². The molecule has 0 aliphatic carbocycles. The van der Waals surface area contributed by atoms with Gasteiger partial charge in [-0.15, -0.1) is 0 Å². The highest BCUT2D eigenvalue weighted by atomic mass is 79.9. The number of nitrogens with zero attached hydrogens (tertiary/aromatic N) is 1. The van der Waals surface area contributed by atoms with Crippen molar-refractivity contribution in [1.29, 1.82) is 0 Å². The quantitative estimate of drug-likeness (QED) is 0.819. The summed E-state index contributed by atoms with van der Waals surface area (Å²) in [5, 5.41) is 6.83. The third-order valence-corrected chi connectivity index (χ3v) is 2.81. The third kappa shape index (κ3) is 1.42. The second-order valence-electron chi connectivity index (χ2n) is 3.08. The van der Waals surface area contributed by atoms with E-state index in [1.54, 1.807) is 0 Å². The Morgan fingerprint density at radius 2 is 2.07 bits per heavy atom. The molecule has 0 spiro atoms. The van der Waals surface area contributed by atoms with Gasteiger partial charge in [0.05, 0.1) is 5.69 Å². The molecule has 72 valence electrons. The van der Waals surface area contributed by atoms with Gasteiger partial charge in [-0.3, -0.25) is 5.10 Å². The Labute approximate surface area is 90.5 Å². The van der Waals surface area contributed by atoms with Gasteiger partial charge in [0, 0.05) is 15.6 Å². The van der Waals surface area contributed by atoms with E-state index in [2.05, 4.69) is 26.1 Å². The predicted molar refractivity (Wildman–Crippen MR) is 60.9 cm³/mol. The molecule has 14 heavy (non-hydrogen) atoms. The summed E-state index contributed by atoms with van der Waals surface area (Å²) in [5.41, 5.74) is 8.75. The number of aryl methyl sites for hydroxylation is 1. The molecule has 0 saturated heterocycles. The van der Waals surface area contributed by atoms with E-state index in [9.17, 15) is 0 Å². The molecule has 0 unspecified atom stereocenters. The molecular formula is C10H10BrN3. The fourth-order valence-electron chi connectivity index (χ4n) is 1.45. The van der Waals surface area contributed by atoms with E-state index in [0.29, 0.717) is 5.82 Å². The topological polar surface area (TPSA) is 54.7 Å². The second kappa shape index (κ2) is 3.46. The minimum absolute atomic E-state index is 0.606. The molecule has 0 amide bonds. The van der Waals surface area contributed by atoms with E-state index < -0.39 is 0 Å². The first kappa shape index (κ1) is 9.27. The van der Waals surface area contributed by atoms with Crippen LogP contribution in [0, 0.1) is 6.92 Å². The number of anilines is 1. The van der Waals surface area contributed by atoms with Crippen LogP contribution in [0.1, 0.15) is 5.69 Å². The smallest absolute Gasteiger partial charge is 0.127 e. The summed E-state index contributed by atoms with van der Waals surface area (Å²) in [5.74, 6) is 0.606. The molecule has 0 atom stereocenters. The lowest BCUT2D eigenvalue weighted by atomic mass is 10.1. The normalized spacial score (nSPS) is 10.4. The van der Waals surface area contributed by atoms with E-state index in [1.165, 1.54) is 0 Å². The summed E-state index contributed by atoms with van der Waals surface area (Å²) in [6.07, 6.45) is 0. The monoisotopic (exact) mass is 251 g/mol. The van der Waals surface area contributed by atoms with Crippen molar-refractivity contribution in [3.63, 3.8) is 0 Å². The number of benzene rings is 1. The molecule has 0 saturated carbocycles. The van der Waals surface area contributed by atoms with Gasteiger partial charge in [0.25, 0.3) is 0 Å².